The highest BCUT2D eigenvalue weighted by atomic mass is 16.5. The lowest BCUT2D eigenvalue weighted by molar-refractivity contribution is -0.140. The summed E-state index contributed by atoms with van der Waals surface area (Å²) in [7, 11) is 5.69. The maximum atomic E-state index is 13.5. The highest BCUT2D eigenvalue weighted by molar-refractivity contribution is 5.87. The van der Waals surface area contributed by atoms with Gasteiger partial charge in [0.15, 0.2) is 11.5 Å². The molecule has 0 aliphatic heterocycles. The van der Waals surface area contributed by atoms with Gasteiger partial charge in [-0.05, 0) is 35.9 Å². The van der Waals surface area contributed by atoms with Crippen molar-refractivity contribution in [2.24, 2.45) is 0 Å². The van der Waals surface area contributed by atoms with E-state index in [1.165, 1.54) is 59.0 Å². The minimum Gasteiger partial charge on any atom is -0.508 e. The fraction of sp³-hybridized carbons (Fsp3) is 0.214. The van der Waals surface area contributed by atoms with Gasteiger partial charge in [-0.3, -0.25) is 9.59 Å². The molecule has 0 bridgehead atoms. The van der Waals surface area contributed by atoms with Gasteiger partial charge in [0.2, 0.25) is 5.43 Å². The Morgan fingerprint density at radius 3 is 2.16 bits per heavy atom. The zero-order valence-corrected chi connectivity index (χ0v) is 20.7. The summed E-state index contributed by atoms with van der Waals surface area (Å²) in [5.74, 6) is -0.355. The predicted octanol–water partition coefficient (Wildman–Crippen LogP) is 4.59. The van der Waals surface area contributed by atoms with Gasteiger partial charge in [-0.15, -0.1) is 0 Å². The molecule has 1 heterocycles. The number of carbonyl (C=O) groups excluding carboxylic acids is 1. The van der Waals surface area contributed by atoms with Crippen LogP contribution in [0.3, 0.4) is 0 Å². The molecule has 0 unspecified atom stereocenters. The first-order chi connectivity index (χ1) is 17.8. The number of esters is 1. The van der Waals surface area contributed by atoms with E-state index >= 15 is 0 Å². The van der Waals surface area contributed by atoms with Gasteiger partial charge in [0.25, 0.3) is 0 Å². The van der Waals surface area contributed by atoms with E-state index in [9.17, 15) is 19.8 Å². The van der Waals surface area contributed by atoms with Gasteiger partial charge in [0.05, 0.1) is 45.8 Å². The highest BCUT2D eigenvalue weighted by Crippen LogP contribution is 2.45. The van der Waals surface area contributed by atoms with Crippen LogP contribution in [-0.2, 0) is 9.53 Å². The van der Waals surface area contributed by atoms with Crippen LogP contribution in [-0.4, -0.2) is 44.6 Å². The van der Waals surface area contributed by atoms with E-state index in [0.29, 0.717) is 28.4 Å². The molecule has 0 amide bonds. The minimum absolute atomic E-state index is 0.0654. The molecular weight excluding hydrogens is 480 g/mol. The van der Waals surface area contributed by atoms with Crippen LogP contribution in [0.25, 0.3) is 22.1 Å². The average Bonchev–Trinajstić information content (AvgIpc) is 2.92. The van der Waals surface area contributed by atoms with Crippen molar-refractivity contribution >= 4 is 16.9 Å². The van der Waals surface area contributed by atoms with E-state index in [2.05, 4.69) is 0 Å². The fourth-order valence-electron chi connectivity index (χ4n) is 4.33. The van der Waals surface area contributed by atoms with Crippen LogP contribution in [0.2, 0.25) is 0 Å². The first-order valence-corrected chi connectivity index (χ1v) is 11.3. The molecule has 0 radical (unpaired) electrons. The van der Waals surface area contributed by atoms with Crippen molar-refractivity contribution in [3.8, 4) is 39.9 Å². The molecule has 1 aromatic heterocycles. The summed E-state index contributed by atoms with van der Waals surface area (Å²) in [6.45, 7) is 0. The molecule has 9 nitrogen and oxygen atoms in total. The molecule has 37 heavy (non-hydrogen) atoms. The Morgan fingerprint density at radius 1 is 0.892 bits per heavy atom. The minimum atomic E-state index is -0.839. The topological polar surface area (TPSA) is 125 Å². The Morgan fingerprint density at radius 2 is 1.54 bits per heavy atom. The van der Waals surface area contributed by atoms with Crippen LogP contribution >= 0.6 is 0 Å². The summed E-state index contributed by atoms with van der Waals surface area (Å²) in [5.41, 5.74) is 1.29. The van der Waals surface area contributed by atoms with E-state index in [1.54, 1.807) is 24.3 Å². The number of aromatic hydroxyl groups is 2. The number of benzene rings is 3. The average molecular weight is 507 g/mol. The lowest BCUT2D eigenvalue weighted by atomic mass is 9.85. The molecule has 4 rings (SSSR count). The van der Waals surface area contributed by atoms with E-state index in [4.69, 9.17) is 23.4 Å². The molecule has 4 aromatic rings. The van der Waals surface area contributed by atoms with Crippen molar-refractivity contribution in [1.82, 2.24) is 0 Å². The van der Waals surface area contributed by atoms with Crippen LogP contribution in [0.5, 0.6) is 28.7 Å². The monoisotopic (exact) mass is 506 g/mol. The van der Waals surface area contributed by atoms with Crippen LogP contribution in [0, 0.1) is 0 Å². The molecular formula is C28H26O9. The highest BCUT2D eigenvalue weighted by Gasteiger charge is 2.30. The van der Waals surface area contributed by atoms with Crippen molar-refractivity contribution in [2.75, 3.05) is 28.4 Å². The normalized spacial score (nSPS) is 11.7. The van der Waals surface area contributed by atoms with Gasteiger partial charge < -0.3 is 33.6 Å². The molecule has 2 N–H and O–H groups in total. The van der Waals surface area contributed by atoms with Crippen LogP contribution < -0.4 is 19.6 Å². The Labute approximate surface area is 212 Å². The van der Waals surface area contributed by atoms with Gasteiger partial charge >= 0.3 is 5.97 Å². The van der Waals surface area contributed by atoms with Gasteiger partial charge in [0.1, 0.15) is 29.1 Å². The molecule has 192 valence electrons. The first kappa shape index (κ1) is 25.4. The summed E-state index contributed by atoms with van der Waals surface area (Å²) in [5, 5.41) is 20.8. The van der Waals surface area contributed by atoms with Gasteiger partial charge in [-0.2, -0.15) is 0 Å². The van der Waals surface area contributed by atoms with Crippen molar-refractivity contribution in [3.63, 3.8) is 0 Å². The Balaban J connectivity index is 1.99. The maximum Gasteiger partial charge on any atom is 0.306 e. The molecule has 0 saturated carbocycles. The van der Waals surface area contributed by atoms with Crippen molar-refractivity contribution in [3.05, 3.63) is 76.1 Å². The predicted molar refractivity (Wildman–Crippen MR) is 136 cm³/mol. The quantitative estimate of drug-likeness (QED) is 0.330. The largest absolute Gasteiger partial charge is 0.508 e. The molecule has 1 atom stereocenters. The van der Waals surface area contributed by atoms with Crippen molar-refractivity contribution in [1.29, 1.82) is 0 Å². The Kier molecular flexibility index (Phi) is 7.24. The number of hydrogen-bond donors (Lipinski definition) is 2. The summed E-state index contributed by atoms with van der Waals surface area (Å²) < 4.78 is 27.3. The second-order valence-electron chi connectivity index (χ2n) is 8.18. The van der Waals surface area contributed by atoms with Gasteiger partial charge in [-0.25, -0.2) is 0 Å². The number of phenolic OH excluding ortho intramolecular Hbond substituents is 2. The summed E-state index contributed by atoms with van der Waals surface area (Å²) in [4.78, 5) is 26.0. The fourth-order valence-corrected chi connectivity index (χ4v) is 4.33. The van der Waals surface area contributed by atoms with Gasteiger partial charge in [-0.1, -0.05) is 12.1 Å². The van der Waals surface area contributed by atoms with Crippen LogP contribution in [0.15, 0.2) is 64.0 Å². The zero-order chi connectivity index (χ0) is 26.7. The molecule has 0 saturated heterocycles. The third-order valence-electron chi connectivity index (χ3n) is 6.19. The molecule has 0 aliphatic rings. The van der Waals surface area contributed by atoms with Crippen LogP contribution in [0.1, 0.15) is 23.5 Å². The third-order valence-corrected chi connectivity index (χ3v) is 6.19. The number of methoxy groups -OCH3 is 4. The lowest BCUT2D eigenvalue weighted by Gasteiger charge is -2.23. The summed E-state index contributed by atoms with van der Waals surface area (Å²) >= 11 is 0. The van der Waals surface area contributed by atoms with E-state index in [1.807, 2.05) is 0 Å². The van der Waals surface area contributed by atoms with Crippen molar-refractivity contribution < 1.29 is 38.4 Å². The number of rotatable bonds is 8. The lowest BCUT2D eigenvalue weighted by Crippen LogP contribution is -2.14. The number of ether oxygens (including phenoxy) is 4. The number of hydrogen-bond acceptors (Lipinski definition) is 9. The van der Waals surface area contributed by atoms with E-state index < -0.39 is 11.9 Å². The molecule has 3 aromatic carbocycles. The smallest absolute Gasteiger partial charge is 0.306 e. The number of fused-ring (bicyclic) bond motifs is 1. The second kappa shape index (κ2) is 10.5. The molecule has 9 heteroatoms. The standard InChI is InChI=1S/C28H26O9/c1-33-22-13-24(35-3)23(34-2)11-18(22)19(12-25(31)36-4)26-21(30)10-9-17-27(32)20(14-37-28(17)26)15-5-7-16(29)8-6-15/h5-11,13-14,19,29-30H,12H2,1-4H3/t19-/m1/s1. The summed E-state index contributed by atoms with van der Waals surface area (Å²) in [6.07, 6.45) is 1.10. The Hall–Kier alpha value is -4.66. The molecule has 0 fully saturated rings. The summed E-state index contributed by atoms with van der Waals surface area (Å²) in [6, 6.07) is 12.2. The van der Waals surface area contributed by atoms with Crippen molar-refractivity contribution in [2.45, 2.75) is 12.3 Å². The SMILES string of the molecule is COC(=O)C[C@H](c1cc(OC)c(OC)cc1OC)c1c(O)ccc2c(=O)c(-c3ccc(O)cc3)coc12. The zero-order valence-electron chi connectivity index (χ0n) is 20.7. The number of phenols is 2. The second-order valence-corrected chi connectivity index (χ2v) is 8.18. The van der Waals surface area contributed by atoms with Crippen LogP contribution in [0.4, 0.5) is 0 Å². The maximum absolute atomic E-state index is 13.5. The molecule has 0 aliphatic carbocycles. The first-order valence-electron chi connectivity index (χ1n) is 11.3. The van der Waals surface area contributed by atoms with Gasteiger partial charge in [0, 0.05) is 23.1 Å². The van der Waals surface area contributed by atoms with E-state index in [0.717, 1.165) is 0 Å². The Bertz CT molecular complexity index is 1500. The third kappa shape index (κ3) is 4.75. The molecule has 0 spiro atoms. The van der Waals surface area contributed by atoms with E-state index in [-0.39, 0.29) is 45.4 Å². The number of carbonyl (C=O) groups is 1.